The minimum Gasteiger partial charge on any atom is -0.488 e. The van der Waals surface area contributed by atoms with Gasteiger partial charge < -0.3 is 19.5 Å². The van der Waals surface area contributed by atoms with Gasteiger partial charge in [-0.15, -0.1) is 5.10 Å². The van der Waals surface area contributed by atoms with E-state index in [2.05, 4.69) is 15.3 Å². The largest absolute Gasteiger partial charge is 0.488 e. The molecule has 10 heteroatoms. The molecule has 0 radical (unpaired) electrons. The van der Waals surface area contributed by atoms with E-state index < -0.39 is 12.1 Å². The number of hydrogen-bond acceptors (Lipinski definition) is 7. The summed E-state index contributed by atoms with van der Waals surface area (Å²) in [6.45, 7) is 4.70. The number of aliphatic carboxylic acids is 1. The fraction of sp³-hybridized carbons (Fsp3) is 0.591. The Morgan fingerprint density at radius 3 is 2.72 bits per heavy atom. The van der Waals surface area contributed by atoms with Crippen molar-refractivity contribution in [3.8, 4) is 17.1 Å². The lowest BCUT2D eigenvalue weighted by atomic mass is 10.1. The van der Waals surface area contributed by atoms with Crippen molar-refractivity contribution in [2.45, 2.75) is 39.4 Å². The summed E-state index contributed by atoms with van der Waals surface area (Å²) in [7, 11) is 3.44. The first-order valence-corrected chi connectivity index (χ1v) is 10.9. The molecule has 2 heterocycles. The Hall–Kier alpha value is -3.17. The summed E-state index contributed by atoms with van der Waals surface area (Å²) in [5.74, 6) is 0.286. The molecule has 2 aromatic heterocycles. The van der Waals surface area contributed by atoms with Crippen molar-refractivity contribution in [2.75, 3.05) is 13.6 Å². The van der Waals surface area contributed by atoms with Crippen LogP contribution in [-0.2, 0) is 23.2 Å². The van der Waals surface area contributed by atoms with Crippen molar-refractivity contribution in [3.63, 3.8) is 0 Å². The van der Waals surface area contributed by atoms with E-state index in [9.17, 15) is 14.7 Å². The van der Waals surface area contributed by atoms with Crippen LogP contribution in [0.25, 0.3) is 11.4 Å². The third-order valence-corrected chi connectivity index (χ3v) is 6.22. The van der Waals surface area contributed by atoms with Crippen LogP contribution in [0.2, 0.25) is 0 Å². The standard InChI is InChI=1S/C22H29N5O5/c1-12(2)10-26(3)22(30)31-11-16-20(24-25-27(16)4)15-7-5-13(9-23-15)32-17-8-6-14-18(17)19(14)21(28)29/h5,7,9,12,14,17-19H,6,8,10-11H2,1-4H3,(H,28,29)/t14?,17-,18-,19-/m1/s1. The van der Waals surface area contributed by atoms with Crippen molar-refractivity contribution < 1.29 is 24.2 Å². The van der Waals surface area contributed by atoms with Gasteiger partial charge >= 0.3 is 12.1 Å². The number of ether oxygens (including phenoxy) is 2. The van der Waals surface area contributed by atoms with Gasteiger partial charge in [0.2, 0.25) is 0 Å². The van der Waals surface area contributed by atoms with Gasteiger partial charge in [-0.3, -0.25) is 9.78 Å². The van der Waals surface area contributed by atoms with E-state index >= 15 is 0 Å². The lowest BCUT2D eigenvalue weighted by molar-refractivity contribution is -0.139. The number of carboxylic acids is 1. The monoisotopic (exact) mass is 443 g/mol. The summed E-state index contributed by atoms with van der Waals surface area (Å²) in [5.41, 5.74) is 1.76. The number of carbonyl (C=O) groups is 2. The zero-order valence-electron chi connectivity index (χ0n) is 18.8. The number of carbonyl (C=O) groups excluding carboxylic acids is 1. The highest BCUT2D eigenvalue weighted by molar-refractivity contribution is 5.75. The quantitative estimate of drug-likeness (QED) is 0.661. The zero-order valence-corrected chi connectivity index (χ0v) is 18.8. The molecule has 0 bridgehead atoms. The minimum atomic E-state index is -0.729. The summed E-state index contributed by atoms with van der Waals surface area (Å²) in [4.78, 5) is 29.5. The van der Waals surface area contributed by atoms with Crippen molar-refractivity contribution >= 4 is 12.1 Å². The summed E-state index contributed by atoms with van der Waals surface area (Å²) >= 11 is 0. The number of pyridine rings is 1. The molecule has 2 aliphatic carbocycles. The van der Waals surface area contributed by atoms with Gasteiger partial charge in [-0.2, -0.15) is 0 Å². The molecule has 0 aliphatic heterocycles. The van der Waals surface area contributed by atoms with Gasteiger partial charge in [-0.1, -0.05) is 19.1 Å². The van der Waals surface area contributed by atoms with Crippen LogP contribution in [0.15, 0.2) is 18.3 Å². The number of hydrogen-bond donors (Lipinski definition) is 1. The van der Waals surface area contributed by atoms with Gasteiger partial charge in [0.05, 0.1) is 17.8 Å². The third-order valence-electron chi connectivity index (χ3n) is 6.22. The number of fused-ring (bicyclic) bond motifs is 1. The van der Waals surface area contributed by atoms with Crippen molar-refractivity contribution in [1.82, 2.24) is 24.9 Å². The lowest BCUT2D eigenvalue weighted by Crippen LogP contribution is -2.30. The molecule has 4 atom stereocenters. The van der Waals surface area contributed by atoms with E-state index in [0.717, 1.165) is 12.8 Å². The first-order valence-electron chi connectivity index (χ1n) is 10.9. The summed E-state index contributed by atoms with van der Waals surface area (Å²) < 4.78 is 13.0. The van der Waals surface area contributed by atoms with Crippen molar-refractivity contribution in [3.05, 3.63) is 24.0 Å². The summed E-state index contributed by atoms with van der Waals surface area (Å²) in [6, 6.07) is 3.58. The number of aryl methyl sites for hydroxylation is 1. The molecule has 172 valence electrons. The molecule has 2 aromatic rings. The lowest BCUT2D eigenvalue weighted by Gasteiger charge is -2.19. The first kappa shape index (κ1) is 22.0. The maximum Gasteiger partial charge on any atom is 0.409 e. The van der Waals surface area contributed by atoms with E-state index in [4.69, 9.17) is 9.47 Å². The van der Waals surface area contributed by atoms with Crippen LogP contribution in [-0.4, -0.2) is 61.7 Å². The Kier molecular flexibility index (Phi) is 6.03. The highest BCUT2D eigenvalue weighted by Crippen LogP contribution is 2.58. The third kappa shape index (κ3) is 4.39. The van der Waals surface area contributed by atoms with Gasteiger partial charge in [0, 0.05) is 26.6 Å². The van der Waals surface area contributed by atoms with E-state index in [0.29, 0.717) is 35.3 Å². The van der Waals surface area contributed by atoms with Crippen LogP contribution < -0.4 is 4.74 Å². The van der Waals surface area contributed by atoms with Crippen LogP contribution in [0.4, 0.5) is 4.79 Å². The maximum absolute atomic E-state index is 12.2. The normalized spacial score (nSPS) is 23.7. The Labute approximate surface area is 186 Å². The molecule has 4 rings (SSSR count). The van der Waals surface area contributed by atoms with Crippen LogP contribution in [0.5, 0.6) is 5.75 Å². The maximum atomic E-state index is 12.2. The number of carboxylic acid groups (broad SMARTS) is 1. The van der Waals surface area contributed by atoms with E-state index in [-0.39, 0.29) is 30.5 Å². The Bertz CT molecular complexity index is 989. The smallest absolute Gasteiger partial charge is 0.409 e. The molecule has 2 saturated carbocycles. The molecular formula is C22H29N5O5. The van der Waals surface area contributed by atoms with Gasteiger partial charge in [0.15, 0.2) is 0 Å². The average molecular weight is 444 g/mol. The molecule has 1 unspecified atom stereocenters. The van der Waals surface area contributed by atoms with Crippen LogP contribution in [0, 0.1) is 23.7 Å². The van der Waals surface area contributed by atoms with Crippen LogP contribution >= 0.6 is 0 Å². The second-order valence-electron chi connectivity index (χ2n) is 9.06. The Morgan fingerprint density at radius 2 is 2.09 bits per heavy atom. The molecule has 1 amide bonds. The van der Waals surface area contributed by atoms with E-state index in [1.807, 2.05) is 13.8 Å². The molecule has 0 saturated heterocycles. The SMILES string of the molecule is CC(C)CN(C)C(=O)OCc1c(-c2ccc(O[C@@H]3CCC4[C@H]3[C@@H]4C(=O)O)cn2)nnn1C. The second kappa shape index (κ2) is 8.76. The molecule has 2 aliphatic rings. The van der Waals surface area contributed by atoms with E-state index in [1.165, 1.54) is 0 Å². The number of nitrogens with zero attached hydrogens (tertiary/aromatic N) is 5. The fourth-order valence-corrected chi connectivity index (χ4v) is 4.68. The Morgan fingerprint density at radius 1 is 1.31 bits per heavy atom. The van der Waals surface area contributed by atoms with Crippen molar-refractivity contribution in [2.24, 2.45) is 30.7 Å². The first-order chi connectivity index (χ1) is 15.3. The topological polar surface area (TPSA) is 120 Å². The van der Waals surface area contributed by atoms with Gasteiger partial charge in [-0.25, -0.2) is 9.48 Å². The van der Waals surface area contributed by atoms with Gasteiger partial charge in [-0.05, 0) is 36.8 Å². The highest BCUT2D eigenvalue weighted by atomic mass is 16.6. The molecular weight excluding hydrogens is 414 g/mol. The summed E-state index contributed by atoms with van der Waals surface area (Å²) in [6.07, 6.45) is 2.89. The van der Waals surface area contributed by atoms with E-state index in [1.54, 1.807) is 42.0 Å². The zero-order chi connectivity index (χ0) is 23.0. The van der Waals surface area contributed by atoms with Crippen LogP contribution in [0.3, 0.4) is 0 Å². The predicted molar refractivity (Wildman–Crippen MR) is 114 cm³/mol. The molecule has 10 nitrogen and oxygen atoms in total. The molecule has 0 spiro atoms. The summed E-state index contributed by atoms with van der Waals surface area (Å²) in [5, 5.41) is 17.5. The highest BCUT2D eigenvalue weighted by Gasteiger charge is 2.62. The number of amides is 1. The number of rotatable bonds is 8. The van der Waals surface area contributed by atoms with Crippen LogP contribution in [0.1, 0.15) is 32.4 Å². The number of aromatic nitrogens is 4. The predicted octanol–water partition coefficient (Wildman–Crippen LogP) is 2.59. The molecule has 0 aromatic carbocycles. The van der Waals surface area contributed by atoms with Gasteiger partial charge in [0.25, 0.3) is 0 Å². The molecule has 1 N–H and O–H groups in total. The fourth-order valence-electron chi connectivity index (χ4n) is 4.68. The molecule has 2 fully saturated rings. The average Bonchev–Trinajstić information content (AvgIpc) is 3.17. The molecule has 32 heavy (non-hydrogen) atoms. The minimum absolute atomic E-state index is 0.0295. The van der Waals surface area contributed by atoms with Gasteiger partial charge in [0.1, 0.15) is 29.8 Å². The second-order valence-corrected chi connectivity index (χ2v) is 9.06. The van der Waals surface area contributed by atoms with Crippen molar-refractivity contribution in [1.29, 1.82) is 0 Å². The Balaban J connectivity index is 1.39.